The van der Waals surface area contributed by atoms with Crippen molar-refractivity contribution in [1.29, 1.82) is 0 Å². The predicted molar refractivity (Wildman–Crippen MR) is 131 cm³/mol. The van der Waals surface area contributed by atoms with Crippen molar-refractivity contribution in [2.24, 2.45) is 5.92 Å². The highest BCUT2D eigenvalue weighted by atomic mass is 35.5. The Labute approximate surface area is 205 Å². The summed E-state index contributed by atoms with van der Waals surface area (Å²) in [4.78, 5) is 22.6. The second-order valence-electron chi connectivity index (χ2n) is 8.29. The van der Waals surface area contributed by atoms with Crippen molar-refractivity contribution in [1.82, 2.24) is 14.9 Å². The Morgan fingerprint density at radius 3 is 2.61 bits per heavy atom. The third-order valence-electron chi connectivity index (χ3n) is 5.54. The molecule has 6 nitrogen and oxygen atoms in total. The Kier molecular flexibility index (Phi) is 8.67. The fourth-order valence-electron chi connectivity index (χ4n) is 3.92. The van der Waals surface area contributed by atoms with Crippen molar-refractivity contribution < 1.29 is 14.6 Å². The van der Waals surface area contributed by atoms with Gasteiger partial charge in [0.2, 0.25) is 0 Å². The number of ether oxygens (including phenoxy) is 1. The van der Waals surface area contributed by atoms with Crippen LogP contribution < -0.4 is 4.74 Å². The van der Waals surface area contributed by atoms with Gasteiger partial charge in [-0.2, -0.15) is 0 Å². The van der Waals surface area contributed by atoms with Gasteiger partial charge in [0.15, 0.2) is 5.82 Å². The van der Waals surface area contributed by atoms with Gasteiger partial charge in [-0.3, -0.25) is 9.69 Å². The molecule has 3 aromatic rings. The first kappa shape index (κ1) is 25.0. The lowest BCUT2D eigenvalue weighted by Gasteiger charge is -2.29. The number of halogens is 2. The Hall–Kier alpha value is -2.67. The number of carboxylic acid groups (broad SMARTS) is 1. The third kappa shape index (κ3) is 6.90. The van der Waals surface area contributed by atoms with Gasteiger partial charge in [0.25, 0.3) is 0 Å². The van der Waals surface area contributed by atoms with E-state index in [-0.39, 0.29) is 24.7 Å². The number of hydrogen-bond acceptors (Lipinski definition) is 5. The van der Waals surface area contributed by atoms with Crippen LogP contribution in [-0.2, 0) is 24.4 Å². The van der Waals surface area contributed by atoms with Crippen LogP contribution in [0.5, 0.6) is 5.75 Å². The molecule has 0 saturated heterocycles. The zero-order valence-electron chi connectivity index (χ0n) is 18.4. The van der Waals surface area contributed by atoms with Crippen LogP contribution in [0.15, 0.2) is 54.7 Å². The minimum atomic E-state index is -0.746. The molecule has 0 amide bonds. The molecule has 1 aromatic heterocycles. The molecule has 2 heterocycles. The van der Waals surface area contributed by atoms with Gasteiger partial charge < -0.3 is 9.84 Å². The number of aliphatic carboxylic acids is 1. The summed E-state index contributed by atoms with van der Waals surface area (Å²) in [6, 6.07) is 15.4. The highest BCUT2D eigenvalue weighted by Crippen LogP contribution is 2.24. The molecule has 174 valence electrons. The molecule has 1 unspecified atom stereocenters. The molecule has 1 aliphatic rings. The maximum Gasteiger partial charge on any atom is 0.303 e. The Morgan fingerprint density at radius 2 is 1.91 bits per heavy atom. The maximum atomic E-state index is 10.9. The van der Waals surface area contributed by atoms with E-state index in [0.29, 0.717) is 17.5 Å². The van der Waals surface area contributed by atoms with E-state index in [4.69, 9.17) is 26.4 Å². The largest absolute Gasteiger partial charge is 0.489 e. The van der Waals surface area contributed by atoms with Gasteiger partial charge in [-0.15, -0.1) is 12.4 Å². The van der Waals surface area contributed by atoms with Crippen molar-refractivity contribution in [2.75, 3.05) is 13.1 Å². The number of carbonyl (C=O) groups is 1. The Morgan fingerprint density at radius 1 is 1.18 bits per heavy atom. The minimum Gasteiger partial charge on any atom is -0.489 e. The maximum absolute atomic E-state index is 10.9. The van der Waals surface area contributed by atoms with Crippen LogP contribution in [0, 0.1) is 5.92 Å². The summed E-state index contributed by atoms with van der Waals surface area (Å²) in [7, 11) is 0. The van der Waals surface area contributed by atoms with Gasteiger partial charge in [-0.05, 0) is 47.9 Å². The third-order valence-corrected chi connectivity index (χ3v) is 5.79. The van der Waals surface area contributed by atoms with Crippen molar-refractivity contribution in [2.45, 2.75) is 32.9 Å². The summed E-state index contributed by atoms with van der Waals surface area (Å²) in [5, 5.41) is 9.68. The van der Waals surface area contributed by atoms with Crippen LogP contribution in [0.2, 0.25) is 5.02 Å². The van der Waals surface area contributed by atoms with E-state index in [1.54, 1.807) is 0 Å². The molecule has 0 spiro atoms. The van der Waals surface area contributed by atoms with Crippen LogP contribution in [0.3, 0.4) is 0 Å². The van der Waals surface area contributed by atoms with E-state index in [1.807, 2.05) is 61.7 Å². The van der Waals surface area contributed by atoms with Gasteiger partial charge in [-0.25, -0.2) is 9.97 Å². The van der Waals surface area contributed by atoms with Crippen molar-refractivity contribution in [3.8, 4) is 17.1 Å². The average molecular weight is 488 g/mol. The normalized spacial score (nSPS) is 14.1. The van der Waals surface area contributed by atoms with E-state index in [0.717, 1.165) is 54.2 Å². The highest BCUT2D eigenvalue weighted by molar-refractivity contribution is 6.30. The molecule has 0 bridgehead atoms. The predicted octanol–water partition coefficient (Wildman–Crippen LogP) is 5.27. The van der Waals surface area contributed by atoms with E-state index < -0.39 is 5.97 Å². The van der Waals surface area contributed by atoms with Gasteiger partial charge >= 0.3 is 5.97 Å². The zero-order chi connectivity index (χ0) is 22.5. The fourth-order valence-corrected chi connectivity index (χ4v) is 4.05. The van der Waals surface area contributed by atoms with Gasteiger partial charge in [0, 0.05) is 54.8 Å². The molecule has 8 heteroatoms. The first-order chi connectivity index (χ1) is 15.5. The smallest absolute Gasteiger partial charge is 0.303 e. The SMILES string of the molecule is CC(CC(=O)O)CN1CCc2nc(-c3ccc(OCc4ccc(Cl)cc4)cc3)ncc2C1.Cl. The number of benzene rings is 2. The molecule has 1 atom stereocenters. The number of nitrogens with zero attached hydrogens (tertiary/aromatic N) is 3. The van der Waals surface area contributed by atoms with E-state index in [9.17, 15) is 4.79 Å². The van der Waals surface area contributed by atoms with Gasteiger partial charge in [0.05, 0.1) is 5.69 Å². The first-order valence-electron chi connectivity index (χ1n) is 10.7. The quantitative estimate of drug-likeness (QED) is 0.466. The molecular formula is C25H27Cl2N3O3. The molecule has 4 rings (SSSR count). The molecule has 0 fully saturated rings. The topological polar surface area (TPSA) is 75.5 Å². The molecule has 33 heavy (non-hydrogen) atoms. The van der Waals surface area contributed by atoms with Crippen molar-refractivity contribution >= 4 is 30.0 Å². The molecular weight excluding hydrogens is 461 g/mol. The summed E-state index contributed by atoms with van der Waals surface area (Å²) < 4.78 is 5.85. The van der Waals surface area contributed by atoms with Crippen LogP contribution in [-0.4, -0.2) is 39.0 Å². The molecule has 0 aliphatic carbocycles. The lowest BCUT2D eigenvalue weighted by atomic mass is 10.0. The number of aromatic nitrogens is 2. The second-order valence-corrected chi connectivity index (χ2v) is 8.73. The Bertz CT molecular complexity index is 1080. The number of carboxylic acids is 1. The van der Waals surface area contributed by atoms with Crippen LogP contribution in [0.4, 0.5) is 0 Å². The molecule has 0 radical (unpaired) electrons. The standard InChI is InChI=1S/C25H26ClN3O3.ClH/c1-17(12-24(30)31)14-29-11-10-23-20(15-29)13-27-25(28-23)19-4-8-22(9-5-19)32-16-18-2-6-21(26)7-3-18;/h2-9,13,17H,10-12,14-16H2,1H3,(H,30,31);1H. The van der Waals surface area contributed by atoms with Crippen molar-refractivity contribution in [3.05, 3.63) is 76.6 Å². The van der Waals surface area contributed by atoms with E-state index in [1.165, 1.54) is 0 Å². The lowest BCUT2D eigenvalue weighted by Crippen LogP contribution is -2.35. The summed E-state index contributed by atoms with van der Waals surface area (Å²) in [5.74, 6) is 0.868. The van der Waals surface area contributed by atoms with E-state index in [2.05, 4.69) is 9.88 Å². The van der Waals surface area contributed by atoms with E-state index >= 15 is 0 Å². The number of hydrogen-bond donors (Lipinski definition) is 1. The van der Waals surface area contributed by atoms with Crippen LogP contribution in [0.1, 0.15) is 30.2 Å². The summed E-state index contributed by atoms with van der Waals surface area (Å²) in [6.07, 6.45) is 2.93. The molecule has 1 N–H and O–H groups in total. The molecule has 1 aliphatic heterocycles. The van der Waals surface area contributed by atoms with Crippen molar-refractivity contribution in [3.63, 3.8) is 0 Å². The molecule has 0 saturated carbocycles. The molecule has 2 aromatic carbocycles. The number of fused-ring (bicyclic) bond motifs is 1. The summed E-state index contributed by atoms with van der Waals surface area (Å²) >= 11 is 5.92. The summed E-state index contributed by atoms with van der Waals surface area (Å²) in [5.41, 5.74) is 4.19. The zero-order valence-corrected chi connectivity index (χ0v) is 20.0. The van der Waals surface area contributed by atoms with Gasteiger partial charge in [0.1, 0.15) is 12.4 Å². The first-order valence-corrected chi connectivity index (χ1v) is 11.1. The lowest BCUT2D eigenvalue weighted by molar-refractivity contribution is -0.138. The van der Waals surface area contributed by atoms with Crippen LogP contribution in [0.25, 0.3) is 11.4 Å². The second kappa shape index (κ2) is 11.5. The van der Waals surface area contributed by atoms with Crippen LogP contribution >= 0.6 is 24.0 Å². The van der Waals surface area contributed by atoms with Gasteiger partial charge in [-0.1, -0.05) is 30.7 Å². The Balaban J connectivity index is 0.00000306. The monoisotopic (exact) mass is 487 g/mol. The minimum absolute atomic E-state index is 0. The highest BCUT2D eigenvalue weighted by Gasteiger charge is 2.21. The fraction of sp³-hybridized carbons (Fsp3) is 0.320. The average Bonchev–Trinajstić information content (AvgIpc) is 2.78. The summed E-state index contributed by atoms with van der Waals surface area (Å²) in [6.45, 7) is 4.87. The number of rotatable bonds is 8.